The van der Waals surface area contributed by atoms with Crippen molar-refractivity contribution in [2.24, 2.45) is 15.4 Å². The molecule has 0 atom stereocenters. The number of allylic oxidation sites excluding steroid dienone is 1. The Morgan fingerprint density at radius 3 is 2.28 bits per heavy atom. The number of carbonyl (C=O) groups is 1. The van der Waals surface area contributed by atoms with E-state index in [1.165, 1.54) is 0 Å². The Balaban J connectivity index is 1.95. The van der Waals surface area contributed by atoms with Crippen molar-refractivity contribution in [1.82, 2.24) is 20.0 Å². The number of aromatic nitrogens is 2. The molecule has 1 aromatic rings. The molecular formula is C21H27F6N7O2. The zero-order valence-corrected chi connectivity index (χ0v) is 19.9. The van der Waals surface area contributed by atoms with Crippen molar-refractivity contribution in [2.75, 3.05) is 38.0 Å². The van der Waals surface area contributed by atoms with Gasteiger partial charge in [-0.05, 0) is 20.1 Å². The van der Waals surface area contributed by atoms with Crippen LogP contribution in [0.1, 0.15) is 32.8 Å². The van der Waals surface area contributed by atoms with E-state index in [0.717, 1.165) is 6.92 Å². The van der Waals surface area contributed by atoms with E-state index in [1.807, 2.05) is 0 Å². The molecule has 9 nitrogen and oxygen atoms in total. The number of carbonyl (C=O) groups excluding carboxylic acids is 1. The van der Waals surface area contributed by atoms with Gasteiger partial charge in [0.2, 0.25) is 11.9 Å². The molecule has 200 valence electrons. The molecule has 0 aromatic carbocycles. The molecule has 0 spiro atoms. The van der Waals surface area contributed by atoms with Gasteiger partial charge < -0.3 is 15.1 Å². The number of anilines is 1. The summed E-state index contributed by atoms with van der Waals surface area (Å²) in [4.78, 5) is 35.0. The Morgan fingerprint density at radius 1 is 1.17 bits per heavy atom. The Hall–Kier alpha value is -3.39. The highest BCUT2D eigenvalue weighted by Crippen LogP contribution is 2.28. The molecule has 36 heavy (non-hydrogen) atoms. The number of alkyl halides is 6. The number of amides is 1. The second kappa shape index (κ2) is 11.1. The average Bonchev–Trinajstić information content (AvgIpc) is 2.79. The van der Waals surface area contributed by atoms with Crippen molar-refractivity contribution in [3.63, 3.8) is 0 Å². The van der Waals surface area contributed by atoms with Gasteiger partial charge in [-0.3, -0.25) is 9.59 Å². The molecule has 2 heterocycles. The molecule has 0 saturated carbocycles. The van der Waals surface area contributed by atoms with Crippen LogP contribution in [0.3, 0.4) is 0 Å². The van der Waals surface area contributed by atoms with Gasteiger partial charge in [-0.15, -0.1) is 0 Å². The topological polar surface area (TPSA) is 106 Å². The highest BCUT2D eigenvalue weighted by Gasteiger charge is 2.36. The average molecular weight is 523 g/mol. The predicted molar refractivity (Wildman–Crippen MR) is 122 cm³/mol. The van der Waals surface area contributed by atoms with Crippen LogP contribution in [-0.4, -0.2) is 77.5 Å². The lowest BCUT2D eigenvalue weighted by Gasteiger charge is -2.39. The number of aliphatic imine (C=N–C) groups is 2. The van der Waals surface area contributed by atoms with Crippen LogP contribution in [-0.2, 0) is 11.0 Å². The zero-order valence-electron chi connectivity index (χ0n) is 19.9. The van der Waals surface area contributed by atoms with E-state index >= 15 is 0 Å². The quantitative estimate of drug-likeness (QED) is 0.338. The minimum atomic E-state index is -4.83. The molecule has 1 aliphatic rings. The molecular weight excluding hydrogens is 496 g/mol. The van der Waals surface area contributed by atoms with E-state index in [1.54, 1.807) is 28.7 Å². The predicted octanol–water partition coefficient (Wildman–Crippen LogP) is 3.28. The molecule has 0 aliphatic carbocycles. The Morgan fingerprint density at radius 2 is 1.75 bits per heavy atom. The van der Waals surface area contributed by atoms with Crippen LogP contribution in [0.15, 0.2) is 32.6 Å². The lowest BCUT2D eigenvalue weighted by Crippen LogP contribution is -2.53. The summed E-state index contributed by atoms with van der Waals surface area (Å²) in [6.45, 7) is 8.80. The van der Waals surface area contributed by atoms with Crippen LogP contribution < -0.4 is 10.9 Å². The summed E-state index contributed by atoms with van der Waals surface area (Å²) in [5.74, 6) is -0.370. The Kier molecular flexibility index (Phi) is 8.91. The maximum absolute atomic E-state index is 13.0. The molecule has 1 amide bonds. The second-order valence-corrected chi connectivity index (χ2v) is 8.73. The summed E-state index contributed by atoms with van der Waals surface area (Å²) in [6.07, 6.45) is -8.41. The van der Waals surface area contributed by atoms with Crippen LogP contribution >= 0.6 is 0 Å². The molecule has 1 fully saturated rings. The zero-order chi connectivity index (χ0) is 27.3. The summed E-state index contributed by atoms with van der Waals surface area (Å²) in [5, 5.41) is 8.01. The fraction of sp³-hybridized carbons (Fsp3) is 0.571. The van der Waals surface area contributed by atoms with Crippen LogP contribution in [0.25, 0.3) is 0 Å². The SMILES string of the molecule is C=NC(=N/C=C(\C)C(F)(F)F)N1CCN(C(=O)C(C)(C)CCNc2cc(C(F)(F)F)c(=O)[nH]n2)CC1. The first-order chi connectivity index (χ1) is 16.6. The number of H-pyrrole nitrogens is 1. The fourth-order valence-corrected chi connectivity index (χ4v) is 3.30. The van der Waals surface area contributed by atoms with Gasteiger partial charge in [0.15, 0.2) is 0 Å². The maximum atomic E-state index is 13.0. The minimum Gasteiger partial charge on any atom is -0.369 e. The summed E-state index contributed by atoms with van der Waals surface area (Å²) in [7, 11) is 0. The van der Waals surface area contributed by atoms with Crippen LogP contribution in [0.2, 0.25) is 0 Å². The number of piperazine rings is 1. The number of hydrogen-bond donors (Lipinski definition) is 2. The molecule has 1 saturated heterocycles. The first-order valence-corrected chi connectivity index (χ1v) is 10.8. The lowest BCUT2D eigenvalue weighted by molar-refractivity contribution is -0.142. The highest BCUT2D eigenvalue weighted by molar-refractivity contribution is 5.85. The second-order valence-electron chi connectivity index (χ2n) is 8.73. The molecule has 1 aliphatic heterocycles. The maximum Gasteiger partial charge on any atom is 0.421 e. The van der Waals surface area contributed by atoms with E-state index in [9.17, 15) is 35.9 Å². The lowest BCUT2D eigenvalue weighted by atomic mass is 9.87. The van der Waals surface area contributed by atoms with Crippen molar-refractivity contribution in [3.05, 3.63) is 33.8 Å². The first-order valence-electron chi connectivity index (χ1n) is 10.8. The molecule has 2 rings (SSSR count). The standard InChI is InChI=1S/C21H27F6N7O2/c1-13(20(22,23)24)12-30-18(28-4)34-9-7-33(8-10-34)17(36)19(2,3)5-6-29-15-11-14(21(25,26)27)16(35)32-31-15/h11-12H,4-10H2,1-3H3,(H,29,31)(H,32,35)/b13-12+,30-18?. The van der Waals surface area contributed by atoms with E-state index in [0.29, 0.717) is 12.3 Å². The Bertz CT molecular complexity index is 1070. The molecule has 0 unspecified atom stereocenters. The van der Waals surface area contributed by atoms with Gasteiger partial charge in [0.25, 0.3) is 5.56 Å². The number of hydrogen-bond acceptors (Lipinski definition) is 5. The summed E-state index contributed by atoms with van der Waals surface area (Å²) in [6, 6.07) is 0.602. The smallest absolute Gasteiger partial charge is 0.369 e. The number of nitrogens with one attached hydrogen (secondary N) is 2. The molecule has 0 radical (unpaired) electrons. The van der Waals surface area contributed by atoms with E-state index in [2.05, 4.69) is 27.1 Å². The number of halogens is 6. The van der Waals surface area contributed by atoms with Crippen molar-refractivity contribution in [3.8, 4) is 0 Å². The van der Waals surface area contributed by atoms with E-state index < -0.39 is 34.5 Å². The van der Waals surface area contributed by atoms with Crippen LogP contribution in [0, 0.1) is 5.41 Å². The van der Waals surface area contributed by atoms with Gasteiger partial charge in [0, 0.05) is 56.0 Å². The first kappa shape index (κ1) is 28.8. The van der Waals surface area contributed by atoms with Crippen molar-refractivity contribution in [2.45, 2.75) is 39.5 Å². The van der Waals surface area contributed by atoms with Crippen molar-refractivity contribution in [1.29, 1.82) is 0 Å². The third-order valence-electron chi connectivity index (χ3n) is 5.56. The molecule has 1 aromatic heterocycles. The number of aromatic amines is 1. The minimum absolute atomic E-state index is 0.0146. The number of guanidine groups is 1. The van der Waals surface area contributed by atoms with Gasteiger partial charge in [-0.1, -0.05) is 13.8 Å². The fourth-order valence-electron chi connectivity index (χ4n) is 3.30. The van der Waals surface area contributed by atoms with Gasteiger partial charge in [-0.25, -0.2) is 15.1 Å². The number of nitrogens with zero attached hydrogens (tertiary/aromatic N) is 5. The van der Waals surface area contributed by atoms with E-state index in [-0.39, 0.29) is 56.8 Å². The molecule has 15 heteroatoms. The normalized spacial score (nSPS) is 16.2. The third kappa shape index (κ3) is 7.55. The van der Waals surface area contributed by atoms with Gasteiger partial charge >= 0.3 is 12.4 Å². The summed E-state index contributed by atoms with van der Waals surface area (Å²) < 4.78 is 76.6. The number of rotatable bonds is 6. The van der Waals surface area contributed by atoms with Gasteiger partial charge in [0.05, 0.1) is 0 Å². The van der Waals surface area contributed by atoms with E-state index in [4.69, 9.17) is 0 Å². The van der Waals surface area contributed by atoms with Gasteiger partial charge in [-0.2, -0.15) is 31.4 Å². The summed E-state index contributed by atoms with van der Waals surface area (Å²) >= 11 is 0. The van der Waals surface area contributed by atoms with Crippen molar-refractivity contribution < 1.29 is 31.1 Å². The van der Waals surface area contributed by atoms with Crippen LogP contribution in [0.4, 0.5) is 32.2 Å². The van der Waals surface area contributed by atoms with Crippen molar-refractivity contribution >= 4 is 24.4 Å². The Labute approximate surface area is 203 Å². The summed E-state index contributed by atoms with van der Waals surface area (Å²) in [5.41, 5.74) is -4.51. The third-order valence-corrected chi connectivity index (χ3v) is 5.56. The largest absolute Gasteiger partial charge is 0.421 e. The van der Waals surface area contributed by atoms with Gasteiger partial charge in [0.1, 0.15) is 11.4 Å². The molecule has 2 N–H and O–H groups in total. The monoisotopic (exact) mass is 523 g/mol. The molecule has 0 bridgehead atoms. The van der Waals surface area contributed by atoms with Crippen LogP contribution in [0.5, 0.6) is 0 Å². The highest BCUT2D eigenvalue weighted by atomic mass is 19.4.